The first kappa shape index (κ1) is 25.3. The number of ketones is 4. The number of rotatable bonds is 5. The molecule has 0 aromatic rings. The van der Waals surface area contributed by atoms with Crippen molar-refractivity contribution in [3.05, 3.63) is 47.1 Å². The van der Waals surface area contributed by atoms with Crippen molar-refractivity contribution in [2.24, 2.45) is 28.1 Å². The molecule has 0 radical (unpaired) electrons. The highest BCUT2D eigenvalue weighted by molar-refractivity contribution is 6.12. The second-order valence-electron chi connectivity index (χ2n) is 11.4. The van der Waals surface area contributed by atoms with E-state index in [1.165, 1.54) is 19.1 Å². The lowest BCUT2D eigenvalue weighted by atomic mass is 9.43. The fraction of sp³-hybridized carbons (Fsp3) is 0.586. The topological polar surface area (TPSA) is 68.3 Å². The van der Waals surface area contributed by atoms with Gasteiger partial charge in [-0.1, -0.05) is 51.5 Å². The number of allylic oxidation sites excluding steroid dienone is 8. The van der Waals surface area contributed by atoms with Gasteiger partial charge in [0.15, 0.2) is 17.3 Å². The van der Waals surface area contributed by atoms with Crippen LogP contribution in [0.4, 0.5) is 0 Å². The number of hydrogen-bond acceptors (Lipinski definition) is 4. The van der Waals surface area contributed by atoms with Gasteiger partial charge >= 0.3 is 0 Å². The van der Waals surface area contributed by atoms with Gasteiger partial charge in [0.25, 0.3) is 0 Å². The minimum absolute atomic E-state index is 0.0311. The van der Waals surface area contributed by atoms with Crippen LogP contribution in [0.2, 0.25) is 0 Å². The van der Waals surface area contributed by atoms with Crippen molar-refractivity contribution in [3.8, 4) is 0 Å². The van der Waals surface area contributed by atoms with Gasteiger partial charge in [-0.2, -0.15) is 0 Å². The van der Waals surface area contributed by atoms with Crippen molar-refractivity contribution in [2.45, 2.75) is 80.6 Å². The Kier molecular flexibility index (Phi) is 6.72. The van der Waals surface area contributed by atoms with Gasteiger partial charge in [0.05, 0.1) is 0 Å². The van der Waals surface area contributed by atoms with Crippen molar-refractivity contribution in [2.75, 3.05) is 0 Å². The molecule has 0 aliphatic heterocycles. The molecule has 3 saturated carbocycles. The lowest BCUT2D eigenvalue weighted by Gasteiger charge is -2.60. The number of hydrogen-bond donors (Lipinski definition) is 0. The SMILES string of the molecule is CC(=O)C=CC=C(C)C=CC(=O)C(C)=C1C(=O)CC2C1(C)CCC1C(C)(C)C(=O)CCC12C. The molecule has 4 atom stereocenters. The number of fused-ring (bicyclic) bond motifs is 3. The van der Waals surface area contributed by atoms with E-state index in [-0.39, 0.29) is 45.4 Å². The minimum Gasteiger partial charge on any atom is -0.299 e. The number of carbonyl (C=O) groups is 4. The monoisotopic (exact) mass is 450 g/mol. The molecule has 0 aromatic carbocycles. The molecule has 0 spiro atoms. The van der Waals surface area contributed by atoms with Crippen LogP contribution in [0.25, 0.3) is 0 Å². The van der Waals surface area contributed by atoms with Crippen molar-refractivity contribution >= 4 is 23.1 Å². The Morgan fingerprint density at radius 1 is 0.909 bits per heavy atom. The fourth-order valence-electron chi connectivity index (χ4n) is 7.20. The van der Waals surface area contributed by atoms with E-state index >= 15 is 0 Å². The van der Waals surface area contributed by atoms with Crippen molar-refractivity contribution in [1.82, 2.24) is 0 Å². The van der Waals surface area contributed by atoms with Crippen molar-refractivity contribution in [3.63, 3.8) is 0 Å². The molecule has 33 heavy (non-hydrogen) atoms. The highest BCUT2D eigenvalue weighted by atomic mass is 16.1. The highest BCUT2D eigenvalue weighted by Crippen LogP contribution is 2.68. The van der Waals surface area contributed by atoms with Gasteiger partial charge in [0.2, 0.25) is 0 Å². The smallest absolute Gasteiger partial charge is 0.181 e. The van der Waals surface area contributed by atoms with E-state index in [0.29, 0.717) is 29.8 Å². The zero-order valence-electron chi connectivity index (χ0n) is 21.2. The molecule has 4 heteroatoms. The summed E-state index contributed by atoms with van der Waals surface area (Å²) >= 11 is 0. The quantitative estimate of drug-likeness (QED) is 0.385. The lowest BCUT2D eigenvalue weighted by molar-refractivity contribution is -0.154. The van der Waals surface area contributed by atoms with Crippen LogP contribution in [0.3, 0.4) is 0 Å². The van der Waals surface area contributed by atoms with Gasteiger partial charge in [0, 0.05) is 34.8 Å². The third kappa shape index (κ3) is 4.29. The summed E-state index contributed by atoms with van der Waals surface area (Å²) in [4.78, 5) is 50.1. The Morgan fingerprint density at radius 2 is 1.58 bits per heavy atom. The number of carbonyl (C=O) groups excluding carboxylic acids is 4. The predicted octanol–water partition coefficient (Wildman–Crippen LogP) is 5.92. The summed E-state index contributed by atoms with van der Waals surface area (Å²) in [6, 6.07) is 0. The van der Waals surface area contributed by atoms with Crippen LogP contribution >= 0.6 is 0 Å². The Morgan fingerprint density at radius 3 is 2.21 bits per heavy atom. The van der Waals surface area contributed by atoms with Crippen LogP contribution in [0.1, 0.15) is 80.6 Å². The molecular formula is C29H38O4. The summed E-state index contributed by atoms with van der Waals surface area (Å²) in [5.74, 6) is 0.681. The van der Waals surface area contributed by atoms with E-state index in [2.05, 4.69) is 27.7 Å². The van der Waals surface area contributed by atoms with Gasteiger partial charge in [0.1, 0.15) is 5.78 Å². The van der Waals surface area contributed by atoms with E-state index in [0.717, 1.165) is 24.8 Å². The summed E-state index contributed by atoms with van der Waals surface area (Å²) in [6.07, 6.45) is 11.8. The van der Waals surface area contributed by atoms with Crippen LogP contribution in [0.15, 0.2) is 47.1 Å². The van der Waals surface area contributed by atoms with E-state index in [4.69, 9.17) is 0 Å². The van der Waals surface area contributed by atoms with Crippen LogP contribution in [0.5, 0.6) is 0 Å². The lowest BCUT2D eigenvalue weighted by Crippen LogP contribution is -2.56. The molecule has 4 nitrogen and oxygen atoms in total. The first-order valence-corrected chi connectivity index (χ1v) is 12.1. The molecule has 4 unspecified atom stereocenters. The average Bonchev–Trinajstić information content (AvgIpc) is 3.00. The molecule has 0 saturated heterocycles. The van der Waals surface area contributed by atoms with E-state index in [9.17, 15) is 19.2 Å². The molecular weight excluding hydrogens is 412 g/mol. The first-order valence-electron chi connectivity index (χ1n) is 12.1. The molecule has 3 fully saturated rings. The summed E-state index contributed by atoms with van der Waals surface area (Å²) in [7, 11) is 0. The summed E-state index contributed by atoms with van der Waals surface area (Å²) < 4.78 is 0. The Labute approximate surface area is 198 Å². The maximum absolute atomic E-state index is 13.3. The maximum Gasteiger partial charge on any atom is 0.181 e. The molecule has 0 aromatic heterocycles. The van der Waals surface area contributed by atoms with Crippen molar-refractivity contribution in [1.29, 1.82) is 0 Å². The second kappa shape index (κ2) is 8.77. The molecule has 3 rings (SSSR count). The Balaban J connectivity index is 1.92. The van der Waals surface area contributed by atoms with E-state index in [1.54, 1.807) is 25.2 Å². The van der Waals surface area contributed by atoms with Crippen molar-refractivity contribution < 1.29 is 19.2 Å². The van der Waals surface area contributed by atoms with Crippen LogP contribution in [0, 0.1) is 28.1 Å². The largest absolute Gasteiger partial charge is 0.299 e. The second-order valence-corrected chi connectivity index (χ2v) is 11.4. The molecule has 0 amide bonds. The maximum atomic E-state index is 13.3. The summed E-state index contributed by atoms with van der Waals surface area (Å²) in [6.45, 7) is 13.7. The summed E-state index contributed by atoms with van der Waals surface area (Å²) in [5, 5.41) is 0. The van der Waals surface area contributed by atoms with Gasteiger partial charge in [-0.3, -0.25) is 19.2 Å². The van der Waals surface area contributed by atoms with E-state index < -0.39 is 0 Å². The molecule has 0 heterocycles. The van der Waals surface area contributed by atoms with Gasteiger partial charge in [-0.15, -0.1) is 0 Å². The molecule has 178 valence electrons. The van der Waals surface area contributed by atoms with Gasteiger partial charge < -0.3 is 0 Å². The first-order chi connectivity index (χ1) is 15.2. The van der Waals surface area contributed by atoms with Gasteiger partial charge in [-0.25, -0.2) is 0 Å². The minimum atomic E-state index is -0.363. The van der Waals surface area contributed by atoms with Crippen LogP contribution in [-0.4, -0.2) is 23.1 Å². The fourth-order valence-corrected chi connectivity index (χ4v) is 7.20. The molecule has 3 aliphatic carbocycles. The Bertz CT molecular complexity index is 1020. The van der Waals surface area contributed by atoms with E-state index in [1.807, 2.05) is 6.92 Å². The zero-order valence-corrected chi connectivity index (χ0v) is 21.2. The Hall–Kier alpha value is -2.36. The molecule has 3 aliphatic rings. The van der Waals surface area contributed by atoms with Crippen LogP contribution in [-0.2, 0) is 19.2 Å². The van der Waals surface area contributed by atoms with Crippen LogP contribution < -0.4 is 0 Å². The predicted molar refractivity (Wildman–Crippen MR) is 130 cm³/mol. The zero-order chi connectivity index (χ0) is 24.8. The normalized spacial score (nSPS) is 35.7. The highest BCUT2D eigenvalue weighted by Gasteiger charge is 2.64. The third-order valence-corrected chi connectivity index (χ3v) is 8.97. The molecule has 0 N–H and O–H groups in total. The number of Topliss-reactive ketones (excluding diaryl/α,β-unsaturated/α-hetero) is 2. The van der Waals surface area contributed by atoms with Gasteiger partial charge in [-0.05, 0) is 69.4 Å². The molecule has 0 bridgehead atoms. The average molecular weight is 451 g/mol. The standard InChI is InChI=1S/C29H38O4/c1-18(9-8-10-19(2)30)11-12-21(31)20(3)26-22(32)17-24-28(6)16-14-25(33)27(4,5)23(28)13-15-29(24,26)7/h8-12,23-24H,13-17H2,1-7H3. The third-order valence-electron chi connectivity index (χ3n) is 8.97. The summed E-state index contributed by atoms with van der Waals surface area (Å²) in [5.41, 5.74) is 1.32.